The SMILES string of the molecule is COc1ccc(/C=C/C(=O)N[C@@H]2CCCC[C@@H]2C)c(OC)c1. The van der Waals surface area contributed by atoms with Crippen LogP contribution < -0.4 is 14.8 Å². The number of methoxy groups -OCH3 is 2. The molecule has 2 rings (SSSR count). The highest BCUT2D eigenvalue weighted by atomic mass is 16.5. The van der Waals surface area contributed by atoms with E-state index in [9.17, 15) is 4.79 Å². The lowest BCUT2D eigenvalue weighted by Gasteiger charge is -2.29. The molecule has 0 aromatic heterocycles. The summed E-state index contributed by atoms with van der Waals surface area (Å²) >= 11 is 0. The monoisotopic (exact) mass is 303 g/mol. The van der Waals surface area contributed by atoms with Gasteiger partial charge in [0, 0.05) is 23.7 Å². The maximum absolute atomic E-state index is 12.1. The molecule has 1 N–H and O–H groups in total. The van der Waals surface area contributed by atoms with Crippen molar-refractivity contribution in [1.29, 1.82) is 0 Å². The molecule has 120 valence electrons. The zero-order valence-corrected chi connectivity index (χ0v) is 13.6. The van der Waals surface area contributed by atoms with Crippen LogP contribution in [0.4, 0.5) is 0 Å². The Bertz CT molecular complexity index is 539. The maximum atomic E-state index is 12.1. The first-order valence-electron chi connectivity index (χ1n) is 7.84. The minimum absolute atomic E-state index is 0.0448. The maximum Gasteiger partial charge on any atom is 0.244 e. The molecule has 1 aliphatic rings. The Morgan fingerprint density at radius 2 is 2.00 bits per heavy atom. The van der Waals surface area contributed by atoms with Crippen LogP contribution in [0.25, 0.3) is 6.08 Å². The Morgan fingerprint density at radius 1 is 1.23 bits per heavy atom. The van der Waals surface area contributed by atoms with Crippen molar-refractivity contribution in [3.63, 3.8) is 0 Å². The minimum atomic E-state index is -0.0448. The van der Waals surface area contributed by atoms with E-state index < -0.39 is 0 Å². The molecule has 1 aliphatic carbocycles. The molecule has 1 aromatic rings. The van der Waals surface area contributed by atoms with Crippen LogP contribution in [0, 0.1) is 5.92 Å². The first kappa shape index (κ1) is 16.4. The van der Waals surface area contributed by atoms with Gasteiger partial charge in [-0.2, -0.15) is 0 Å². The first-order valence-corrected chi connectivity index (χ1v) is 7.84. The van der Waals surface area contributed by atoms with Gasteiger partial charge in [0.25, 0.3) is 0 Å². The largest absolute Gasteiger partial charge is 0.497 e. The highest BCUT2D eigenvalue weighted by molar-refractivity contribution is 5.92. The number of carbonyl (C=O) groups excluding carboxylic acids is 1. The molecule has 0 aliphatic heterocycles. The van der Waals surface area contributed by atoms with Gasteiger partial charge in [-0.05, 0) is 37.0 Å². The molecule has 1 amide bonds. The molecule has 1 aromatic carbocycles. The van der Waals surface area contributed by atoms with E-state index in [0.29, 0.717) is 17.7 Å². The van der Waals surface area contributed by atoms with Gasteiger partial charge in [-0.3, -0.25) is 4.79 Å². The Morgan fingerprint density at radius 3 is 2.68 bits per heavy atom. The van der Waals surface area contributed by atoms with E-state index in [4.69, 9.17) is 9.47 Å². The summed E-state index contributed by atoms with van der Waals surface area (Å²) in [7, 11) is 3.22. The molecule has 22 heavy (non-hydrogen) atoms. The number of hydrogen-bond acceptors (Lipinski definition) is 3. The van der Waals surface area contributed by atoms with Crippen molar-refractivity contribution >= 4 is 12.0 Å². The van der Waals surface area contributed by atoms with Crippen LogP contribution in [0.1, 0.15) is 38.2 Å². The van der Waals surface area contributed by atoms with Crippen molar-refractivity contribution in [3.8, 4) is 11.5 Å². The van der Waals surface area contributed by atoms with Gasteiger partial charge in [0.1, 0.15) is 11.5 Å². The quantitative estimate of drug-likeness (QED) is 0.848. The van der Waals surface area contributed by atoms with Crippen LogP contribution in [0.15, 0.2) is 24.3 Å². The summed E-state index contributed by atoms with van der Waals surface area (Å²) in [5, 5.41) is 3.11. The average Bonchev–Trinajstić information content (AvgIpc) is 2.55. The third-order valence-electron chi connectivity index (χ3n) is 4.29. The molecule has 0 radical (unpaired) electrons. The second-order valence-corrected chi connectivity index (χ2v) is 5.82. The Kier molecular flexibility index (Phi) is 5.87. The minimum Gasteiger partial charge on any atom is -0.497 e. The predicted molar refractivity (Wildman–Crippen MR) is 88.1 cm³/mol. The van der Waals surface area contributed by atoms with E-state index in [2.05, 4.69) is 12.2 Å². The number of hydrogen-bond donors (Lipinski definition) is 1. The van der Waals surface area contributed by atoms with Crippen molar-refractivity contribution in [2.45, 2.75) is 38.6 Å². The smallest absolute Gasteiger partial charge is 0.244 e. The van der Waals surface area contributed by atoms with Crippen molar-refractivity contribution < 1.29 is 14.3 Å². The lowest BCUT2D eigenvalue weighted by Crippen LogP contribution is -2.40. The Balaban J connectivity index is 2.00. The summed E-state index contributed by atoms with van der Waals surface area (Å²) in [4.78, 5) is 12.1. The van der Waals surface area contributed by atoms with Crippen molar-refractivity contribution in [2.24, 2.45) is 5.92 Å². The highest BCUT2D eigenvalue weighted by Crippen LogP contribution is 2.26. The van der Waals surface area contributed by atoms with Gasteiger partial charge in [0.05, 0.1) is 14.2 Å². The number of rotatable bonds is 5. The van der Waals surface area contributed by atoms with Gasteiger partial charge in [-0.1, -0.05) is 19.8 Å². The van der Waals surface area contributed by atoms with Crippen LogP contribution in [0.5, 0.6) is 11.5 Å². The number of carbonyl (C=O) groups is 1. The van der Waals surface area contributed by atoms with Gasteiger partial charge >= 0.3 is 0 Å². The standard InChI is InChI=1S/C18H25NO3/c1-13-6-4-5-7-16(13)19-18(20)11-9-14-8-10-15(21-2)12-17(14)22-3/h8-13,16H,4-7H2,1-3H3,(H,19,20)/b11-9+/t13-,16+/m0/s1. The number of nitrogens with one attached hydrogen (secondary N) is 1. The fraction of sp³-hybridized carbons (Fsp3) is 0.500. The summed E-state index contributed by atoms with van der Waals surface area (Å²) in [6.07, 6.45) is 8.10. The van der Waals surface area contributed by atoms with Gasteiger partial charge in [-0.15, -0.1) is 0 Å². The summed E-state index contributed by atoms with van der Waals surface area (Å²) in [6.45, 7) is 2.21. The summed E-state index contributed by atoms with van der Waals surface area (Å²) in [6, 6.07) is 5.83. The molecule has 0 saturated heterocycles. The summed E-state index contributed by atoms with van der Waals surface area (Å²) in [5.74, 6) is 1.93. The van der Waals surface area contributed by atoms with Crippen LogP contribution >= 0.6 is 0 Å². The molecule has 0 bridgehead atoms. The molecule has 2 atom stereocenters. The van der Waals surface area contributed by atoms with Gasteiger partial charge in [-0.25, -0.2) is 0 Å². The average molecular weight is 303 g/mol. The third-order valence-corrected chi connectivity index (χ3v) is 4.29. The molecule has 4 heteroatoms. The van der Waals surface area contributed by atoms with Gasteiger partial charge in [0.2, 0.25) is 5.91 Å². The Hall–Kier alpha value is -1.97. The molecular formula is C18H25NO3. The van der Waals surface area contributed by atoms with Crippen LogP contribution in [-0.4, -0.2) is 26.2 Å². The summed E-state index contributed by atoms with van der Waals surface area (Å²) in [5.41, 5.74) is 0.857. The second kappa shape index (κ2) is 7.87. The van der Waals surface area contributed by atoms with E-state index >= 15 is 0 Å². The van der Waals surface area contributed by atoms with E-state index in [-0.39, 0.29) is 5.91 Å². The predicted octanol–water partition coefficient (Wildman–Crippen LogP) is 3.41. The fourth-order valence-electron chi connectivity index (χ4n) is 2.88. The van der Waals surface area contributed by atoms with Gasteiger partial charge in [0.15, 0.2) is 0 Å². The number of ether oxygens (including phenoxy) is 2. The zero-order valence-electron chi connectivity index (χ0n) is 13.6. The topological polar surface area (TPSA) is 47.6 Å². The Labute approximate surface area is 132 Å². The molecule has 4 nitrogen and oxygen atoms in total. The molecule has 0 unspecified atom stereocenters. The van der Waals surface area contributed by atoms with Crippen molar-refractivity contribution in [1.82, 2.24) is 5.32 Å². The van der Waals surface area contributed by atoms with Crippen molar-refractivity contribution in [2.75, 3.05) is 14.2 Å². The zero-order chi connectivity index (χ0) is 15.9. The highest BCUT2D eigenvalue weighted by Gasteiger charge is 2.21. The van der Waals surface area contributed by atoms with Crippen LogP contribution in [0.3, 0.4) is 0 Å². The number of benzene rings is 1. The second-order valence-electron chi connectivity index (χ2n) is 5.82. The summed E-state index contributed by atoms with van der Waals surface area (Å²) < 4.78 is 10.5. The lowest BCUT2D eigenvalue weighted by molar-refractivity contribution is -0.117. The van der Waals surface area contributed by atoms with Crippen molar-refractivity contribution in [3.05, 3.63) is 29.8 Å². The third kappa shape index (κ3) is 4.26. The molecule has 1 fully saturated rings. The molecular weight excluding hydrogens is 278 g/mol. The van der Waals surface area contributed by atoms with Crippen LogP contribution in [0.2, 0.25) is 0 Å². The normalized spacial score (nSPS) is 21.6. The molecule has 0 spiro atoms. The van der Waals surface area contributed by atoms with Crippen LogP contribution in [-0.2, 0) is 4.79 Å². The molecule has 1 saturated carbocycles. The van der Waals surface area contributed by atoms with E-state index in [0.717, 1.165) is 17.7 Å². The van der Waals surface area contributed by atoms with Gasteiger partial charge < -0.3 is 14.8 Å². The van der Waals surface area contributed by atoms with E-state index in [1.54, 1.807) is 32.4 Å². The number of amides is 1. The fourth-order valence-corrected chi connectivity index (χ4v) is 2.88. The van der Waals surface area contributed by atoms with E-state index in [1.165, 1.54) is 19.3 Å². The van der Waals surface area contributed by atoms with E-state index in [1.807, 2.05) is 12.1 Å². The lowest BCUT2D eigenvalue weighted by atomic mass is 9.86. The molecule has 0 heterocycles. The first-order chi connectivity index (χ1) is 10.6.